The van der Waals surface area contributed by atoms with Crippen molar-refractivity contribution in [1.82, 2.24) is 9.71 Å². The first-order valence-corrected chi connectivity index (χ1v) is 19.1. The molecule has 3 aliphatic rings. The van der Waals surface area contributed by atoms with Crippen molar-refractivity contribution in [3.63, 3.8) is 0 Å². The number of sulfonamides is 1. The molecule has 256 valence electrons. The van der Waals surface area contributed by atoms with Gasteiger partial charge < -0.3 is 47.0 Å². The van der Waals surface area contributed by atoms with E-state index in [0.717, 1.165) is 58.0 Å². The molecule has 5 N–H and O–H groups in total. The van der Waals surface area contributed by atoms with Gasteiger partial charge in [0, 0.05) is 29.5 Å². The van der Waals surface area contributed by atoms with E-state index in [1.54, 1.807) is 6.92 Å². The zero-order valence-corrected chi connectivity index (χ0v) is 29.4. The molecule has 5 heterocycles. The van der Waals surface area contributed by atoms with Gasteiger partial charge in [0.1, 0.15) is 66.7 Å². The van der Waals surface area contributed by atoms with Crippen LogP contribution < -0.4 is 42.8 Å². The molecule has 1 aromatic carbocycles. The molecular weight excluding hydrogens is 687 g/mol. The Balaban J connectivity index is 0.00000500. The monoisotopic (exact) mass is 726 g/mol. The summed E-state index contributed by atoms with van der Waals surface area (Å²) in [5, 5.41) is 9.56. The fourth-order valence-electron chi connectivity index (χ4n) is 6.27. The zero-order chi connectivity index (χ0) is 33.0. The zero-order valence-electron chi connectivity index (χ0n) is 26.1. The highest BCUT2D eigenvalue weighted by Gasteiger charge is 2.48. The van der Waals surface area contributed by atoms with E-state index < -0.39 is 23.9 Å². The van der Waals surface area contributed by atoms with Gasteiger partial charge in [0.2, 0.25) is 0 Å². The van der Waals surface area contributed by atoms with Crippen LogP contribution in [0, 0.1) is 18.3 Å². The van der Waals surface area contributed by atoms with Gasteiger partial charge in [0.15, 0.2) is 13.6 Å². The molecule has 47 heavy (non-hydrogen) atoms. The molecule has 0 spiro atoms. The summed E-state index contributed by atoms with van der Waals surface area (Å²) in [7, 11) is -8.81. The predicted molar refractivity (Wildman–Crippen MR) is 174 cm³/mol. The van der Waals surface area contributed by atoms with Crippen molar-refractivity contribution in [2.45, 2.75) is 24.0 Å². The summed E-state index contributed by atoms with van der Waals surface area (Å²) < 4.78 is 54.9. The van der Waals surface area contributed by atoms with Gasteiger partial charge in [-0.3, -0.25) is 9.56 Å². The van der Waals surface area contributed by atoms with E-state index in [-0.39, 0.29) is 34.0 Å². The van der Waals surface area contributed by atoms with E-state index in [0.29, 0.717) is 24.5 Å². The van der Waals surface area contributed by atoms with Crippen LogP contribution in [0.2, 0.25) is 0 Å². The average Bonchev–Trinajstić information content (AvgIpc) is 3.38. The summed E-state index contributed by atoms with van der Waals surface area (Å²) in [5.41, 5.74) is 11.5. The summed E-state index contributed by atoms with van der Waals surface area (Å²) in [6, 6.07) is 9.88. The number of hydrogen-bond donors (Lipinski definition) is 3. The maximum atomic E-state index is 13.1. The number of guanidine groups is 1. The number of aliphatic imine (C=N–C) groups is 1. The van der Waals surface area contributed by atoms with Crippen molar-refractivity contribution in [2.75, 3.05) is 71.8 Å². The van der Waals surface area contributed by atoms with E-state index >= 15 is 0 Å². The molecule has 3 aliphatic heterocycles. The van der Waals surface area contributed by atoms with Crippen molar-refractivity contribution in [3.05, 3.63) is 47.8 Å². The second-order valence-corrected chi connectivity index (χ2v) is 16.7. The number of aryl methyl sites for hydroxylation is 1. The number of ether oxygens (including phenoxy) is 1. The number of aromatic nitrogens is 1. The first-order valence-electron chi connectivity index (χ1n) is 15.1. The third-order valence-electron chi connectivity index (χ3n) is 8.93. The highest BCUT2D eigenvalue weighted by Crippen LogP contribution is 2.39. The normalized spacial score (nSPS) is 21.7. The number of nitriles is 1. The molecule has 3 aromatic rings. The van der Waals surface area contributed by atoms with Crippen molar-refractivity contribution in [1.29, 1.82) is 5.26 Å². The van der Waals surface area contributed by atoms with Crippen molar-refractivity contribution < 1.29 is 48.5 Å². The molecule has 1 unspecified atom stereocenters. The number of nitrogens with one attached hydrogen (secondary N) is 1. The maximum Gasteiger partial charge on any atom is 0.250 e. The van der Waals surface area contributed by atoms with Gasteiger partial charge in [0.05, 0.1) is 32.2 Å². The lowest BCUT2D eigenvalue weighted by atomic mass is 10.1. The second-order valence-electron chi connectivity index (χ2n) is 12.0. The largest absolute Gasteiger partial charge is 1.00 e. The Bertz CT molecular complexity index is 1770. The van der Waals surface area contributed by atoms with E-state index in [2.05, 4.69) is 14.7 Å². The number of piperazine rings is 3. The highest BCUT2D eigenvalue weighted by atomic mass is 35.5. The lowest BCUT2D eigenvalue weighted by molar-refractivity contribution is -1.08. The van der Waals surface area contributed by atoms with Gasteiger partial charge in [-0.2, -0.15) is 5.26 Å². The van der Waals surface area contributed by atoms with E-state index in [1.807, 2.05) is 24.3 Å². The summed E-state index contributed by atoms with van der Waals surface area (Å²) in [6.07, 6.45) is 2.06. The van der Waals surface area contributed by atoms with Crippen LogP contribution in [0.1, 0.15) is 24.1 Å². The number of fused-ring (bicyclic) bond motifs is 4. The van der Waals surface area contributed by atoms with Crippen molar-refractivity contribution >= 4 is 45.0 Å². The van der Waals surface area contributed by atoms with Crippen LogP contribution in [0.4, 0.5) is 0 Å². The van der Waals surface area contributed by atoms with Crippen LogP contribution in [-0.2, 0) is 14.6 Å². The fourth-order valence-corrected chi connectivity index (χ4v) is 10.5. The van der Waals surface area contributed by atoms with E-state index in [1.165, 1.54) is 55.9 Å². The smallest absolute Gasteiger partial charge is 0.250 e. The third kappa shape index (κ3) is 9.13. The Labute approximate surface area is 285 Å². The second kappa shape index (κ2) is 15.0. The van der Waals surface area contributed by atoms with Gasteiger partial charge in [-0.1, -0.05) is 0 Å². The number of nitrogens with two attached hydrogens (primary N) is 2. The van der Waals surface area contributed by atoms with Crippen LogP contribution in [0.25, 0.3) is 10.1 Å². The number of benzene rings is 1. The number of pyridine rings is 1. The number of hydrogen-bond acceptors (Lipinski definition) is 10. The minimum absolute atomic E-state index is 0. The van der Waals surface area contributed by atoms with E-state index in [4.69, 9.17) is 26.0 Å². The van der Waals surface area contributed by atoms with Gasteiger partial charge in [-0.05, 0) is 42.8 Å². The van der Waals surface area contributed by atoms with Crippen LogP contribution in [0.15, 0.2) is 45.7 Å². The number of quaternary nitrogens is 2. The Morgan fingerprint density at radius 1 is 1.11 bits per heavy atom. The Morgan fingerprint density at radius 2 is 1.74 bits per heavy atom. The van der Waals surface area contributed by atoms with Gasteiger partial charge in [-0.15, -0.1) is 11.3 Å². The van der Waals surface area contributed by atoms with Crippen LogP contribution in [0.5, 0.6) is 11.5 Å². The number of halogens is 1. The molecule has 14 nitrogen and oxygen atoms in total. The molecule has 0 aliphatic carbocycles. The van der Waals surface area contributed by atoms with Crippen LogP contribution >= 0.6 is 18.9 Å². The molecule has 18 heteroatoms. The highest BCUT2D eigenvalue weighted by molar-refractivity contribution is 7.92. The lowest BCUT2D eigenvalue weighted by Crippen LogP contribution is -3.00. The third-order valence-corrected chi connectivity index (χ3v) is 13.5. The fraction of sp³-hybridized carbons (Fsp3) is 0.483. The summed E-state index contributed by atoms with van der Waals surface area (Å²) >= 11 is 1.06. The SMILES string of the molecule is Cc1c(S(=O)(=O)NCP(=O)([O-])Oc2ccc(C#N)nc2)sc2ccc(OCCC[N+]34CC[N+](CCCN=C(N)N)(CC3)CC4)cc12.[Cl-]. The molecule has 3 saturated heterocycles. The van der Waals surface area contributed by atoms with E-state index in [9.17, 15) is 17.9 Å². The summed E-state index contributed by atoms with van der Waals surface area (Å²) in [4.78, 5) is 20.3. The predicted octanol–water partition coefficient (Wildman–Crippen LogP) is -1.56. The quantitative estimate of drug-likeness (QED) is 0.0540. The van der Waals surface area contributed by atoms with Crippen molar-refractivity contribution in [2.24, 2.45) is 16.5 Å². The lowest BCUT2D eigenvalue weighted by Gasteiger charge is -2.55. The topological polar surface area (TPSA) is 206 Å². The molecule has 1 atom stereocenters. The summed E-state index contributed by atoms with van der Waals surface area (Å²) in [5.74, 6) is 0.698. The van der Waals surface area contributed by atoms with Crippen LogP contribution in [0.3, 0.4) is 0 Å². The van der Waals surface area contributed by atoms with Gasteiger partial charge in [-0.25, -0.2) is 18.1 Å². The molecular formula is C29H40ClN8O6PS2. The minimum atomic E-state index is -4.65. The maximum absolute atomic E-state index is 13.1. The standard InChI is InChI=1S/C29H40N8O6PS2.ClH/c1-22-26-18-24(42-17-3-10-37-14-11-36(12-15-37,13-16-37)9-2-8-33-29(31)32)6-7-27(26)45-28(22)46(40,41)35-21-44(38,39)43-25-5-4-23(19-30)34-20-25;/h4-7,18,20,35H,2-3,8-17,21H2,1H3,(H4-,31,32,33,38,39);1H/q+1;/p-1. The molecule has 6 rings (SSSR count). The molecule has 2 aromatic heterocycles. The molecule has 0 radical (unpaired) electrons. The molecule has 0 saturated carbocycles. The number of nitrogens with zero attached hydrogens (tertiary/aromatic N) is 5. The number of thiophene rings is 1. The Kier molecular flexibility index (Phi) is 11.8. The minimum Gasteiger partial charge on any atom is -1.00 e. The first-order chi connectivity index (χ1) is 21.8. The molecule has 3 fully saturated rings. The van der Waals surface area contributed by atoms with Gasteiger partial charge in [0.25, 0.3) is 10.0 Å². The number of rotatable bonds is 15. The van der Waals surface area contributed by atoms with Gasteiger partial charge >= 0.3 is 0 Å². The summed E-state index contributed by atoms with van der Waals surface area (Å²) in [6.45, 7) is 12.2. The average molecular weight is 727 g/mol. The Morgan fingerprint density at radius 3 is 2.34 bits per heavy atom. The molecule has 0 amide bonds. The van der Waals surface area contributed by atoms with Crippen LogP contribution in [-0.4, -0.2) is 100 Å². The molecule has 2 bridgehead atoms. The Hall–Kier alpha value is -3.00. The first kappa shape index (κ1) is 36.8. The van der Waals surface area contributed by atoms with Crippen molar-refractivity contribution in [3.8, 4) is 17.6 Å².